The van der Waals surface area contributed by atoms with E-state index in [1.165, 1.54) is 29.6 Å². The van der Waals surface area contributed by atoms with Crippen molar-refractivity contribution in [1.82, 2.24) is 24.0 Å². The third-order valence-corrected chi connectivity index (χ3v) is 4.55. The molecular formula is C18H20N6O4. The molecule has 3 amide bonds. The van der Waals surface area contributed by atoms with E-state index in [9.17, 15) is 19.2 Å². The van der Waals surface area contributed by atoms with Gasteiger partial charge in [0.2, 0.25) is 5.91 Å². The van der Waals surface area contributed by atoms with Crippen LogP contribution in [0.2, 0.25) is 0 Å². The number of carbonyl (C=O) groups excluding carboxylic acids is 2. The van der Waals surface area contributed by atoms with Crippen LogP contribution in [0.3, 0.4) is 0 Å². The molecule has 0 radical (unpaired) electrons. The summed E-state index contributed by atoms with van der Waals surface area (Å²) in [5.74, 6) is -0.628. The number of aryl methyl sites for hydroxylation is 3. The molecule has 0 fully saturated rings. The van der Waals surface area contributed by atoms with Crippen LogP contribution < -0.4 is 21.9 Å². The number of carbonyl (C=O) groups is 2. The fraction of sp³-hybridized carbons (Fsp3) is 0.278. The Balaban J connectivity index is 1.76. The molecule has 0 saturated heterocycles. The predicted octanol–water partition coefficient (Wildman–Crippen LogP) is 0.399. The standard InChI is InChI=1S/C18H20N6O4/c1-10-5-6-12(7-11(10)2)20-17(27)21-13(25)8-24-9-19-15-14(24)16(26)23(4)18(28)22(15)3/h5-7,9H,8H2,1-4H3,(H2,20,21,25,27). The Morgan fingerprint density at radius 2 is 1.79 bits per heavy atom. The molecule has 3 aromatic rings. The Morgan fingerprint density at radius 1 is 1.07 bits per heavy atom. The van der Waals surface area contributed by atoms with Gasteiger partial charge in [0.15, 0.2) is 11.2 Å². The van der Waals surface area contributed by atoms with Crippen molar-refractivity contribution in [2.75, 3.05) is 5.32 Å². The van der Waals surface area contributed by atoms with Crippen LogP contribution in [0.5, 0.6) is 0 Å². The number of urea groups is 1. The van der Waals surface area contributed by atoms with Gasteiger partial charge >= 0.3 is 11.7 Å². The van der Waals surface area contributed by atoms with E-state index in [4.69, 9.17) is 0 Å². The summed E-state index contributed by atoms with van der Waals surface area (Å²) in [6.07, 6.45) is 1.28. The van der Waals surface area contributed by atoms with E-state index in [1.54, 1.807) is 12.1 Å². The van der Waals surface area contributed by atoms with Crippen LogP contribution in [0.15, 0.2) is 34.1 Å². The maximum absolute atomic E-state index is 12.4. The predicted molar refractivity (Wildman–Crippen MR) is 103 cm³/mol. The molecule has 2 heterocycles. The number of nitrogens with one attached hydrogen (secondary N) is 2. The second-order valence-electron chi connectivity index (χ2n) is 6.55. The zero-order chi connectivity index (χ0) is 20.6. The number of nitrogens with zero attached hydrogens (tertiary/aromatic N) is 4. The average Bonchev–Trinajstić information content (AvgIpc) is 3.04. The molecule has 10 nitrogen and oxygen atoms in total. The van der Waals surface area contributed by atoms with E-state index in [0.717, 1.165) is 15.7 Å². The maximum Gasteiger partial charge on any atom is 0.332 e. The van der Waals surface area contributed by atoms with E-state index in [-0.39, 0.29) is 17.7 Å². The van der Waals surface area contributed by atoms with Gasteiger partial charge in [-0.15, -0.1) is 0 Å². The number of hydrogen-bond acceptors (Lipinski definition) is 5. The first-order valence-electron chi connectivity index (χ1n) is 8.48. The first kappa shape index (κ1) is 19.1. The number of anilines is 1. The topological polar surface area (TPSA) is 120 Å². The van der Waals surface area contributed by atoms with E-state index >= 15 is 0 Å². The van der Waals surface area contributed by atoms with Crippen LogP contribution in [-0.2, 0) is 25.4 Å². The third kappa shape index (κ3) is 3.43. The normalized spacial score (nSPS) is 10.9. The van der Waals surface area contributed by atoms with Gasteiger partial charge < -0.3 is 9.88 Å². The summed E-state index contributed by atoms with van der Waals surface area (Å²) in [5, 5.41) is 4.80. The minimum absolute atomic E-state index is 0.106. The molecule has 3 rings (SSSR count). The lowest BCUT2D eigenvalue weighted by atomic mass is 10.1. The molecule has 28 heavy (non-hydrogen) atoms. The summed E-state index contributed by atoms with van der Waals surface area (Å²) >= 11 is 0. The molecule has 10 heteroatoms. The molecule has 0 saturated carbocycles. The fourth-order valence-corrected chi connectivity index (χ4v) is 2.82. The highest BCUT2D eigenvalue weighted by Gasteiger charge is 2.17. The van der Waals surface area contributed by atoms with E-state index in [0.29, 0.717) is 5.69 Å². The van der Waals surface area contributed by atoms with Gasteiger partial charge in [-0.25, -0.2) is 14.6 Å². The first-order valence-corrected chi connectivity index (χ1v) is 8.48. The van der Waals surface area contributed by atoms with Crippen LogP contribution in [0.25, 0.3) is 11.2 Å². The summed E-state index contributed by atoms with van der Waals surface area (Å²) in [6.45, 7) is 3.57. The van der Waals surface area contributed by atoms with Crippen molar-refractivity contribution in [3.63, 3.8) is 0 Å². The van der Waals surface area contributed by atoms with E-state index < -0.39 is 23.2 Å². The Labute approximate surface area is 159 Å². The minimum atomic E-state index is -0.682. The van der Waals surface area contributed by atoms with Crippen LogP contribution >= 0.6 is 0 Å². The Morgan fingerprint density at radius 3 is 2.46 bits per heavy atom. The molecule has 0 aliphatic heterocycles. The van der Waals surface area contributed by atoms with Crippen molar-refractivity contribution in [3.8, 4) is 0 Å². The fourth-order valence-electron chi connectivity index (χ4n) is 2.82. The first-order chi connectivity index (χ1) is 13.2. The largest absolute Gasteiger partial charge is 0.332 e. The summed E-state index contributed by atoms with van der Waals surface area (Å²) < 4.78 is 3.46. The average molecular weight is 384 g/mol. The number of rotatable bonds is 3. The van der Waals surface area contributed by atoms with Gasteiger partial charge in [0.1, 0.15) is 6.54 Å². The second-order valence-corrected chi connectivity index (χ2v) is 6.55. The van der Waals surface area contributed by atoms with Crippen LogP contribution in [0, 0.1) is 13.8 Å². The van der Waals surface area contributed by atoms with Gasteiger partial charge in [-0.2, -0.15) is 0 Å². The van der Waals surface area contributed by atoms with Gasteiger partial charge in [0.05, 0.1) is 6.33 Å². The number of fused-ring (bicyclic) bond motifs is 1. The van der Waals surface area contributed by atoms with Gasteiger partial charge in [-0.3, -0.25) is 24.0 Å². The smallest absolute Gasteiger partial charge is 0.315 e. The quantitative estimate of drug-likeness (QED) is 0.677. The Kier molecular flexibility index (Phi) is 4.87. The molecule has 0 bridgehead atoms. The number of imidazole rings is 1. The number of imide groups is 1. The zero-order valence-corrected chi connectivity index (χ0v) is 15.9. The lowest BCUT2D eigenvalue weighted by Crippen LogP contribution is -2.39. The molecule has 1 aromatic carbocycles. The van der Waals surface area contributed by atoms with Gasteiger partial charge in [-0.05, 0) is 37.1 Å². The van der Waals surface area contributed by atoms with Crippen molar-refractivity contribution < 1.29 is 9.59 Å². The summed E-state index contributed by atoms with van der Waals surface area (Å²) in [4.78, 5) is 52.6. The van der Waals surface area contributed by atoms with Crippen LogP contribution in [-0.4, -0.2) is 30.6 Å². The number of aromatic nitrogens is 4. The minimum Gasteiger partial charge on any atom is -0.315 e. The van der Waals surface area contributed by atoms with Gasteiger partial charge in [-0.1, -0.05) is 6.07 Å². The highest BCUT2D eigenvalue weighted by atomic mass is 16.2. The zero-order valence-electron chi connectivity index (χ0n) is 15.9. The van der Waals surface area contributed by atoms with Crippen molar-refractivity contribution in [1.29, 1.82) is 0 Å². The molecule has 0 spiro atoms. The Bertz CT molecular complexity index is 1220. The van der Waals surface area contributed by atoms with Gasteiger partial charge in [0.25, 0.3) is 5.56 Å². The Hall–Kier alpha value is -3.69. The van der Waals surface area contributed by atoms with Crippen molar-refractivity contribution >= 4 is 28.8 Å². The van der Waals surface area contributed by atoms with Crippen molar-refractivity contribution in [3.05, 3.63) is 56.5 Å². The number of amides is 3. The molecular weight excluding hydrogens is 364 g/mol. The second kappa shape index (κ2) is 7.14. The molecule has 0 atom stereocenters. The lowest BCUT2D eigenvalue weighted by Gasteiger charge is -2.09. The van der Waals surface area contributed by atoms with Crippen molar-refractivity contribution in [2.45, 2.75) is 20.4 Å². The van der Waals surface area contributed by atoms with Crippen LogP contribution in [0.1, 0.15) is 11.1 Å². The maximum atomic E-state index is 12.4. The molecule has 2 aromatic heterocycles. The van der Waals surface area contributed by atoms with Crippen LogP contribution in [0.4, 0.5) is 10.5 Å². The highest BCUT2D eigenvalue weighted by Crippen LogP contribution is 2.13. The van der Waals surface area contributed by atoms with Gasteiger partial charge in [0, 0.05) is 19.8 Å². The molecule has 0 unspecified atom stereocenters. The summed E-state index contributed by atoms with van der Waals surface area (Å²) in [6, 6.07) is 4.72. The molecule has 2 N–H and O–H groups in total. The number of benzene rings is 1. The third-order valence-electron chi connectivity index (χ3n) is 4.55. The summed E-state index contributed by atoms with van der Waals surface area (Å²) in [5.41, 5.74) is 1.85. The van der Waals surface area contributed by atoms with Crippen molar-refractivity contribution in [2.24, 2.45) is 14.1 Å². The SMILES string of the molecule is Cc1ccc(NC(=O)NC(=O)Cn2cnc3c2c(=O)n(C)c(=O)n3C)cc1C. The van der Waals surface area contributed by atoms with E-state index in [1.807, 2.05) is 19.9 Å². The van der Waals surface area contributed by atoms with E-state index in [2.05, 4.69) is 15.6 Å². The number of hydrogen-bond donors (Lipinski definition) is 2. The molecule has 0 aliphatic rings. The molecule has 0 aliphatic carbocycles. The monoisotopic (exact) mass is 384 g/mol. The molecule has 146 valence electrons. The lowest BCUT2D eigenvalue weighted by molar-refractivity contribution is -0.120. The summed E-state index contributed by atoms with van der Waals surface area (Å²) in [7, 11) is 2.83. The highest BCUT2D eigenvalue weighted by molar-refractivity contribution is 6.01.